The molecule has 0 radical (unpaired) electrons. The van der Waals surface area contributed by atoms with Crippen LogP contribution in [0.15, 0.2) is 226 Å². The molecule has 1 amide bonds. The number of nitrogens with zero attached hydrogens (tertiary/aromatic N) is 15. The maximum Gasteiger partial charge on any atom is 0.324 e. The number of imidazole rings is 5. The first kappa shape index (κ1) is 93.9. The average molecular weight is 2140 g/mol. The Balaban J connectivity index is 0.000000119. The van der Waals surface area contributed by atoms with Crippen molar-refractivity contribution in [1.29, 1.82) is 0 Å². The van der Waals surface area contributed by atoms with Crippen LogP contribution in [-0.4, -0.2) is 149 Å². The maximum absolute atomic E-state index is 11.0. The summed E-state index contributed by atoms with van der Waals surface area (Å²) in [5.74, 6) is 9.19. The molecule has 4 aliphatic rings. The zero-order chi connectivity index (χ0) is 93.1. The number of carbonyl (C=O) groups is 1. The van der Waals surface area contributed by atoms with Crippen LogP contribution >= 0.6 is 142 Å². The minimum atomic E-state index is -0.669. The van der Waals surface area contributed by atoms with E-state index in [9.17, 15) is 14.9 Å². The third-order valence-corrected chi connectivity index (χ3v) is 28.4. The number of aryl methyl sites for hydroxylation is 1. The molecule has 17 aromatic rings. The van der Waals surface area contributed by atoms with Crippen LogP contribution in [0.5, 0.6) is 51.7 Å². The number of carbonyl (C=O) groups excluding carboxylic acids is 1. The summed E-state index contributed by atoms with van der Waals surface area (Å²) in [6.45, 7) is 5.19. The molecule has 0 saturated carbocycles. The smallest absolute Gasteiger partial charge is 0.324 e. The van der Waals surface area contributed by atoms with E-state index in [1.807, 2.05) is 154 Å². The Bertz CT molecular complexity index is 7140. The van der Waals surface area contributed by atoms with E-state index in [-0.39, 0.29) is 36.2 Å². The minimum Gasteiger partial charge on any atom is -0.497 e. The second-order valence-corrected chi connectivity index (χ2v) is 36.7. The molecule has 45 heteroatoms. The van der Waals surface area contributed by atoms with Crippen LogP contribution in [0.3, 0.4) is 0 Å². The van der Waals surface area contributed by atoms with Crippen molar-refractivity contribution in [3.05, 3.63) is 248 Å². The molecule has 1 saturated heterocycles. The summed E-state index contributed by atoms with van der Waals surface area (Å²) >= 11 is 43.0. The van der Waals surface area contributed by atoms with Gasteiger partial charge in [-0.2, -0.15) is 0 Å². The first-order chi connectivity index (χ1) is 64.4. The number of amides is 1. The topological polar surface area (TPSA) is 434 Å². The van der Waals surface area contributed by atoms with Gasteiger partial charge in [0.1, 0.15) is 55.7 Å². The second-order valence-electron chi connectivity index (χ2n) is 29.2. The molecular weight excluding hydrogens is 2060 g/mol. The van der Waals surface area contributed by atoms with E-state index >= 15 is 0 Å². The van der Waals surface area contributed by atoms with Crippen molar-refractivity contribution in [3.63, 3.8) is 0 Å². The quantitative estimate of drug-likeness (QED) is 0.0122. The van der Waals surface area contributed by atoms with E-state index < -0.39 is 4.92 Å². The van der Waals surface area contributed by atoms with Crippen LogP contribution in [0, 0.1) is 25.6 Å². The highest BCUT2D eigenvalue weighted by molar-refractivity contribution is 9.11. The van der Waals surface area contributed by atoms with Crippen LogP contribution in [0.4, 0.5) is 29.0 Å². The highest BCUT2D eigenvalue weighted by atomic mass is 79.9. The summed E-state index contributed by atoms with van der Waals surface area (Å²) in [7, 11) is 4.96. The predicted octanol–water partition coefficient (Wildman–Crippen LogP) is 20.6. The molecule has 0 spiro atoms. The fourth-order valence-corrected chi connectivity index (χ4v) is 19.9. The summed E-state index contributed by atoms with van der Waals surface area (Å²) in [5, 5.41) is 12.9. The Kier molecular flexibility index (Phi) is 30.1. The van der Waals surface area contributed by atoms with Crippen LogP contribution in [0.1, 0.15) is 36.0 Å². The molecule has 0 atom stereocenters. The Morgan fingerprint density at radius 3 is 1.32 bits per heavy atom. The van der Waals surface area contributed by atoms with Gasteiger partial charge >= 0.3 is 5.69 Å². The van der Waals surface area contributed by atoms with E-state index in [2.05, 4.69) is 107 Å². The molecule has 15 heterocycles. The summed E-state index contributed by atoms with van der Waals surface area (Å²) < 4.78 is 60.7. The van der Waals surface area contributed by atoms with Crippen molar-refractivity contribution < 1.29 is 52.3 Å². The number of halogens is 6. The number of hydrogen-bond acceptors (Lipinski definition) is 30. The zero-order valence-corrected chi connectivity index (χ0v) is 81.3. The van der Waals surface area contributed by atoms with E-state index in [0.717, 1.165) is 201 Å². The number of nitro groups is 1. The Morgan fingerprint density at radius 1 is 0.481 bits per heavy atom. The number of aromatic nitrogens is 16. The molecule has 1 fully saturated rings. The predicted molar refractivity (Wildman–Crippen MR) is 527 cm³/mol. The fourth-order valence-electron chi connectivity index (χ4n) is 14.3. The lowest BCUT2D eigenvalue weighted by Gasteiger charge is -2.29. The summed E-state index contributed by atoms with van der Waals surface area (Å²) in [6, 6.07) is 46.2. The number of anilines is 4. The van der Waals surface area contributed by atoms with Crippen molar-refractivity contribution in [2.75, 3.05) is 77.7 Å². The number of hydrogen-bond donors (Lipinski definition) is 7. The van der Waals surface area contributed by atoms with Crippen molar-refractivity contribution in [2.45, 2.75) is 75.6 Å². The van der Waals surface area contributed by atoms with Crippen LogP contribution in [0.2, 0.25) is 15.3 Å². The Hall–Kier alpha value is -12.4. The first-order valence-electron chi connectivity index (χ1n) is 40.2. The minimum absolute atomic E-state index is 0.00463. The number of pyridine rings is 6. The molecule has 0 aliphatic carbocycles. The molecule has 682 valence electrons. The maximum atomic E-state index is 11.0. The molecule has 21 rings (SSSR count). The number of nitrogens with one attached hydrogen (secondary N) is 3. The highest BCUT2D eigenvalue weighted by Crippen LogP contribution is 2.48. The third kappa shape index (κ3) is 22.0. The van der Waals surface area contributed by atoms with Gasteiger partial charge in [-0.15, -0.1) is 0 Å². The lowest BCUT2D eigenvalue weighted by molar-refractivity contribution is -0.384. The Labute approximate surface area is 820 Å². The van der Waals surface area contributed by atoms with Gasteiger partial charge in [-0.05, 0) is 223 Å². The van der Waals surface area contributed by atoms with Gasteiger partial charge < -0.3 is 104 Å². The van der Waals surface area contributed by atoms with E-state index in [1.165, 1.54) is 35.8 Å². The number of fused-ring (bicyclic) bond motifs is 8. The highest BCUT2D eigenvalue weighted by Gasteiger charge is 2.27. The standard InChI is InChI=1S/C21H22BrN5O3S.C21H17BrN4O3S.C14H12ClN3OS.C14H14N4OS.C13H9BrN4O2S.C5H2Cl2N2O2/c22-14-9-16-17(30-12-29-16)10-18(14)31-21-25-19-15(1-5-24-20(19)23)27(21)8-4-13-2-6-26(11-28)7-3-13;1-27-13-4-2-12(3-5-13)10-26-15-6-7-24-20(23)19(15)25-21(26)30-18-9-17-16(8-14(18)22)28-11-29-17;2*1-19-10-4-2-9(3-5-10)8-18-11-6-7-16-13(15)12(11)17-14(18)20;14-6-3-8-9(20-5-19-8)4-10(6)21-13-17-7-1-2-16-12(15)11(7)18-13;6-3-1-2-8-5(7)4(3)9(10)11/h1,5,9-11,13H,2-4,6-8,12H2,(H2,23,24);2-9H,10-11H2,1H3,(H2,23,24);2-7H,8H2,1H3,(H,17,20);2-7H,8H2,1H3,(H2,15,16)(H,17,20);1-4H,5H2,(H2,15,16)(H,17,18);1-2H. The molecule has 11 N–H and O–H groups in total. The number of nitrogen functional groups attached to an aromatic ring is 4. The molecule has 4 aliphatic heterocycles. The van der Waals surface area contributed by atoms with Crippen molar-refractivity contribution in [2.24, 2.45) is 5.92 Å². The van der Waals surface area contributed by atoms with Gasteiger partial charge in [-0.1, -0.05) is 106 Å². The molecule has 0 bridgehead atoms. The monoisotopic (exact) mass is 2130 g/mol. The van der Waals surface area contributed by atoms with Crippen molar-refractivity contribution in [1.82, 2.24) is 83.0 Å². The Morgan fingerprint density at radius 2 is 0.872 bits per heavy atom. The molecule has 11 aromatic heterocycles. The van der Waals surface area contributed by atoms with Gasteiger partial charge in [-0.3, -0.25) is 14.9 Å². The van der Waals surface area contributed by atoms with Crippen LogP contribution in [-0.2, 0) is 31.0 Å². The first-order valence-corrected chi connectivity index (χ1v) is 46.9. The molecule has 34 nitrogen and oxygen atoms in total. The molecule has 6 aromatic carbocycles. The zero-order valence-electron chi connectivity index (χ0n) is 70.2. The number of rotatable bonds is 20. The number of piperidine rings is 1. The van der Waals surface area contributed by atoms with Crippen molar-refractivity contribution >= 4 is 233 Å². The van der Waals surface area contributed by atoms with E-state index in [4.69, 9.17) is 135 Å². The van der Waals surface area contributed by atoms with Gasteiger partial charge in [0.2, 0.25) is 31.9 Å². The lowest BCUT2D eigenvalue weighted by atomic mass is 9.94. The number of ether oxygens (including phenoxy) is 9. The van der Waals surface area contributed by atoms with Crippen LogP contribution in [0.25, 0.3) is 55.2 Å². The molecular formula is C88H76Br3Cl3N22O12S5. The molecule has 133 heavy (non-hydrogen) atoms. The summed E-state index contributed by atoms with van der Waals surface area (Å²) in [4.78, 5) is 72.9. The van der Waals surface area contributed by atoms with Gasteiger partial charge in [-0.25, -0.2) is 44.9 Å². The number of nitrogens with two attached hydrogens (primary N) is 4. The number of benzene rings is 6. The van der Waals surface area contributed by atoms with Gasteiger partial charge in [0.25, 0.3) is 0 Å². The number of H-pyrrole nitrogens is 3. The van der Waals surface area contributed by atoms with Gasteiger partial charge in [0.05, 0.1) is 73.5 Å². The third-order valence-electron chi connectivity index (χ3n) is 21.1. The number of methoxy groups -OCH3 is 3. The van der Waals surface area contributed by atoms with E-state index in [0.29, 0.717) is 74.6 Å². The van der Waals surface area contributed by atoms with Gasteiger partial charge in [0.15, 0.2) is 82.1 Å². The number of aromatic amines is 3. The average Bonchev–Trinajstić information content (AvgIpc) is 1.59. The number of likely N-dealkylation sites (tertiary alicyclic amines) is 1. The van der Waals surface area contributed by atoms with Crippen LogP contribution < -0.4 is 65.6 Å². The lowest BCUT2D eigenvalue weighted by Crippen LogP contribution is -2.32. The summed E-state index contributed by atoms with van der Waals surface area (Å²) in [6.07, 6.45) is 13.8. The second kappa shape index (κ2) is 42.7. The summed E-state index contributed by atoms with van der Waals surface area (Å²) in [5.41, 5.74) is 35.3. The fraction of sp³-hybridized carbons (Fsp3) is 0.182. The van der Waals surface area contributed by atoms with Gasteiger partial charge in [0, 0.05) is 84.9 Å². The molecule has 0 unspecified atom stereocenters. The SMILES string of the molecule is COc1ccc(Cn2c(=S)[nH]c3c(Cl)nccc32)cc1.COc1ccc(Cn2c(=S)[nH]c3c(N)nccc32)cc1.COc1ccc(Cn2c(Sc3cc4c(cc3Br)OCO4)nc3c(N)nccc32)cc1.Nc1nccc2[nH]c(Sc3cc4c(cc3Br)OCO4)nc12.Nc1nccc2c1nc(Sc1cc3c(cc1Br)OCO3)n2CCC1CCN(C=O)CC1.O=[N+]([O-])c1c(Cl)ccnc1Cl. The van der Waals surface area contributed by atoms with Crippen molar-refractivity contribution in [3.8, 4) is 51.7 Å². The van der Waals surface area contributed by atoms with E-state index in [1.54, 1.807) is 64.1 Å². The normalized spacial score (nSPS) is 12.7. The largest absolute Gasteiger partial charge is 0.497 e.